The third kappa shape index (κ3) is 5.85. The molecule has 0 N–H and O–H groups in total. The average molecular weight is 397 g/mol. The monoisotopic (exact) mass is 396 g/mol. The van der Waals surface area contributed by atoms with Crippen molar-refractivity contribution in [3.63, 3.8) is 0 Å². The van der Waals surface area contributed by atoms with Crippen molar-refractivity contribution < 1.29 is 13.9 Å². The quantitative estimate of drug-likeness (QED) is 0.388. The second-order valence-electron chi connectivity index (χ2n) is 4.86. The Bertz CT molecular complexity index is 794. The van der Waals surface area contributed by atoms with Gasteiger partial charge in [0.25, 0.3) is 11.1 Å². The number of nitrogens with zero attached hydrogens (tertiary/aromatic N) is 2. The molecule has 0 unspecified atom stereocenters. The van der Waals surface area contributed by atoms with Crippen molar-refractivity contribution >= 4 is 35.0 Å². The van der Waals surface area contributed by atoms with Crippen molar-refractivity contribution in [1.29, 1.82) is 0 Å². The largest absolute Gasteiger partial charge is 0.493 e. The first kappa shape index (κ1) is 17.9. The summed E-state index contributed by atoms with van der Waals surface area (Å²) < 4.78 is 16.7. The molecule has 0 fully saturated rings. The molecular formula is C17H14Cl2N2O3S. The van der Waals surface area contributed by atoms with E-state index in [4.69, 9.17) is 37.1 Å². The van der Waals surface area contributed by atoms with Crippen LogP contribution in [0.3, 0.4) is 0 Å². The Balaban J connectivity index is 1.39. The van der Waals surface area contributed by atoms with Crippen LogP contribution in [0.1, 0.15) is 5.89 Å². The maximum atomic E-state index is 5.82. The minimum atomic E-state index is 0.205. The predicted molar refractivity (Wildman–Crippen MR) is 97.8 cm³/mol. The topological polar surface area (TPSA) is 57.4 Å². The van der Waals surface area contributed by atoms with Crippen LogP contribution in [0, 0.1) is 0 Å². The van der Waals surface area contributed by atoms with Gasteiger partial charge in [0.2, 0.25) is 0 Å². The van der Waals surface area contributed by atoms with Crippen molar-refractivity contribution in [3.8, 4) is 11.5 Å². The molecule has 25 heavy (non-hydrogen) atoms. The molecule has 1 heterocycles. The summed E-state index contributed by atoms with van der Waals surface area (Å²) in [5.74, 6) is 2.55. The van der Waals surface area contributed by atoms with Gasteiger partial charge in [-0.3, -0.25) is 0 Å². The van der Waals surface area contributed by atoms with Crippen LogP contribution < -0.4 is 9.47 Å². The van der Waals surface area contributed by atoms with E-state index in [2.05, 4.69) is 10.2 Å². The molecule has 0 aliphatic rings. The highest BCUT2D eigenvalue weighted by Gasteiger charge is 2.07. The number of thioether (sulfide) groups is 1. The highest BCUT2D eigenvalue weighted by atomic mass is 35.5. The fourth-order valence-electron chi connectivity index (χ4n) is 1.85. The molecule has 2 aromatic carbocycles. The molecule has 3 aromatic rings. The lowest BCUT2D eigenvalue weighted by Gasteiger charge is -2.04. The Morgan fingerprint density at radius 1 is 0.840 bits per heavy atom. The van der Waals surface area contributed by atoms with E-state index in [0.717, 1.165) is 5.75 Å². The Hall–Kier alpha value is -1.89. The number of benzene rings is 2. The standard InChI is InChI=1S/C17H14Cl2N2O3S/c18-12-1-5-14(6-2-12)22-9-10-25-17-21-20-16(24-17)11-23-15-7-3-13(19)4-8-15/h1-8H,9-11H2. The number of rotatable bonds is 8. The number of ether oxygens (including phenoxy) is 2. The van der Waals surface area contributed by atoms with E-state index in [9.17, 15) is 0 Å². The fraction of sp³-hybridized carbons (Fsp3) is 0.176. The number of hydrogen-bond donors (Lipinski definition) is 0. The molecule has 0 spiro atoms. The van der Waals surface area contributed by atoms with Gasteiger partial charge in [-0.1, -0.05) is 35.0 Å². The first-order valence-corrected chi connectivity index (χ1v) is 9.15. The van der Waals surface area contributed by atoms with Crippen molar-refractivity contribution in [1.82, 2.24) is 10.2 Å². The van der Waals surface area contributed by atoms with E-state index >= 15 is 0 Å². The van der Waals surface area contributed by atoms with E-state index in [1.165, 1.54) is 11.8 Å². The molecule has 130 valence electrons. The smallest absolute Gasteiger partial charge is 0.276 e. The summed E-state index contributed by atoms with van der Waals surface area (Å²) in [7, 11) is 0. The van der Waals surface area contributed by atoms with Gasteiger partial charge in [-0.05, 0) is 48.5 Å². The zero-order valence-electron chi connectivity index (χ0n) is 13.0. The summed E-state index contributed by atoms with van der Waals surface area (Å²) in [5, 5.41) is 9.74. The van der Waals surface area contributed by atoms with E-state index in [1.807, 2.05) is 12.1 Å². The van der Waals surface area contributed by atoms with Crippen LogP contribution in [-0.4, -0.2) is 22.6 Å². The summed E-state index contributed by atoms with van der Waals surface area (Å²) in [6, 6.07) is 14.3. The first-order chi connectivity index (χ1) is 12.2. The number of halogens is 2. The van der Waals surface area contributed by atoms with E-state index in [1.54, 1.807) is 36.4 Å². The van der Waals surface area contributed by atoms with Crippen LogP contribution in [0.5, 0.6) is 11.5 Å². The molecule has 0 aliphatic heterocycles. The third-order valence-corrected chi connectivity index (χ3v) is 4.30. The molecule has 0 saturated carbocycles. The SMILES string of the molecule is Clc1ccc(OCCSc2nnc(COc3ccc(Cl)cc3)o2)cc1. The average Bonchev–Trinajstić information content (AvgIpc) is 3.08. The minimum absolute atomic E-state index is 0.205. The summed E-state index contributed by atoms with van der Waals surface area (Å²) in [6.45, 7) is 0.724. The molecule has 1 aromatic heterocycles. The van der Waals surface area contributed by atoms with E-state index < -0.39 is 0 Å². The second-order valence-corrected chi connectivity index (χ2v) is 6.77. The molecule has 3 rings (SSSR count). The molecule has 8 heteroatoms. The number of aromatic nitrogens is 2. The lowest BCUT2D eigenvalue weighted by atomic mass is 10.3. The van der Waals surface area contributed by atoms with Crippen LogP contribution in [0.2, 0.25) is 10.0 Å². The molecule has 0 radical (unpaired) electrons. The van der Waals surface area contributed by atoms with Crippen LogP contribution in [-0.2, 0) is 6.61 Å². The van der Waals surface area contributed by atoms with E-state index in [-0.39, 0.29) is 6.61 Å². The van der Waals surface area contributed by atoms with Crippen molar-refractivity contribution in [2.75, 3.05) is 12.4 Å². The van der Waals surface area contributed by atoms with Crippen LogP contribution >= 0.6 is 35.0 Å². The minimum Gasteiger partial charge on any atom is -0.493 e. The first-order valence-electron chi connectivity index (χ1n) is 7.41. The van der Waals surface area contributed by atoms with Crippen LogP contribution in [0.25, 0.3) is 0 Å². The summed E-state index contributed by atoms with van der Waals surface area (Å²) in [6.07, 6.45) is 0. The zero-order valence-corrected chi connectivity index (χ0v) is 15.4. The highest BCUT2D eigenvalue weighted by Crippen LogP contribution is 2.20. The van der Waals surface area contributed by atoms with Crippen LogP contribution in [0.4, 0.5) is 0 Å². The summed E-state index contributed by atoms with van der Waals surface area (Å²) >= 11 is 13.1. The van der Waals surface area contributed by atoms with Gasteiger partial charge in [0, 0.05) is 15.8 Å². The molecule has 0 amide bonds. The van der Waals surface area contributed by atoms with Crippen molar-refractivity contribution in [2.45, 2.75) is 11.8 Å². The van der Waals surface area contributed by atoms with Crippen molar-refractivity contribution in [3.05, 3.63) is 64.5 Å². The molecule has 0 aliphatic carbocycles. The Morgan fingerprint density at radius 2 is 1.44 bits per heavy atom. The third-order valence-electron chi connectivity index (χ3n) is 3.02. The molecule has 0 bridgehead atoms. The summed E-state index contributed by atoms with van der Waals surface area (Å²) in [4.78, 5) is 0. The van der Waals surface area contributed by atoms with Gasteiger partial charge < -0.3 is 13.9 Å². The van der Waals surface area contributed by atoms with Gasteiger partial charge in [-0.2, -0.15) is 0 Å². The maximum absolute atomic E-state index is 5.82. The van der Waals surface area contributed by atoms with E-state index in [0.29, 0.717) is 39.3 Å². The maximum Gasteiger partial charge on any atom is 0.276 e. The molecule has 0 saturated heterocycles. The zero-order chi connectivity index (χ0) is 17.5. The Labute approximate surface area is 159 Å². The molecule has 0 atom stereocenters. The van der Waals surface area contributed by atoms with Gasteiger partial charge in [0.05, 0.1) is 6.61 Å². The highest BCUT2D eigenvalue weighted by molar-refractivity contribution is 7.99. The normalized spacial score (nSPS) is 10.6. The predicted octanol–water partition coefficient (Wildman–Crippen LogP) is 5.13. The fourth-order valence-corrected chi connectivity index (χ4v) is 2.70. The molecular weight excluding hydrogens is 383 g/mol. The second kappa shape index (κ2) is 8.99. The number of hydrogen-bond acceptors (Lipinski definition) is 6. The van der Waals surface area contributed by atoms with Gasteiger partial charge >= 0.3 is 0 Å². The van der Waals surface area contributed by atoms with Gasteiger partial charge in [0.1, 0.15) is 11.5 Å². The van der Waals surface area contributed by atoms with Crippen LogP contribution in [0.15, 0.2) is 58.2 Å². The lowest BCUT2D eigenvalue weighted by molar-refractivity contribution is 0.252. The van der Waals surface area contributed by atoms with Gasteiger partial charge in [-0.25, -0.2) is 0 Å². The Morgan fingerprint density at radius 3 is 2.08 bits per heavy atom. The molecule has 5 nitrogen and oxygen atoms in total. The van der Waals surface area contributed by atoms with Crippen molar-refractivity contribution in [2.24, 2.45) is 0 Å². The lowest BCUT2D eigenvalue weighted by Crippen LogP contribution is -1.99. The summed E-state index contributed by atoms with van der Waals surface area (Å²) in [5.41, 5.74) is 0. The van der Waals surface area contributed by atoms with Gasteiger partial charge in [0.15, 0.2) is 6.61 Å². The van der Waals surface area contributed by atoms with Gasteiger partial charge in [-0.15, -0.1) is 10.2 Å². The Kier molecular flexibility index (Phi) is 6.44.